The number of hydrogen-bond acceptors (Lipinski definition) is 4. The van der Waals surface area contributed by atoms with Crippen molar-refractivity contribution in [2.24, 2.45) is 10.8 Å². The lowest BCUT2D eigenvalue weighted by Crippen LogP contribution is -2.74. The number of amides is 1. The van der Waals surface area contributed by atoms with E-state index >= 15 is 0 Å². The van der Waals surface area contributed by atoms with Crippen LogP contribution in [0.15, 0.2) is 42.6 Å². The molecule has 3 rings (SSSR count). The van der Waals surface area contributed by atoms with Crippen molar-refractivity contribution in [3.63, 3.8) is 0 Å². The Morgan fingerprint density at radius 2 is 1.93 bits per heavy atom. The van der Waals surface area contributed by atoms with Crippen molar-refractivity contribution in [2.75, 3.05) is 0 Å². The zero-order valence-electron chi connectivity index (χ0n) is 15.8. The molecule has 0 unspecified atom stereocenters. The summed E-state index contributed by atoms with van der Waals surface area (Å²) in [7, 11) is 0. The van der Waals surface area contributed by atoms with E-state index in [9.17, 15) is 4.79 Å². The smallest absolute Gasteiger partial charge is 0.270 e. The largest absolute Gasteiger partial charge is 0.489 e. The van der Waals surface area contributed by atoms with Crippen LogP contribution in [0.4, 0.5) is 0 Å². The molecule has 1 amide bonds. The van der Waals surface area contributed by atoms with Gasteiger partial charge >= 0.3 is 0 Å². The fourth-order valence-corrected chi connectivity index (χ4v) is 4.51. The van der Waals surface area contributed by atoms with Crippen LogP contribution in [0.5, 0.6) is 5.75 Å². The molecule has 2 aromatic rings. The van der Waals surface area contributed by atoms with Crippen LogP contribution >= 0.6 is 11.6 Å². The number of nitrogens with zero attached hydrogens (tertiary/aromatic N) is 2. The number of pyridine rings is 1. The summed E-state index contributed by atoms with van der Waals surface area (Å²) in [5.41, 5.74) is 0.215. The number of ether oxygens (including phenoxy) is 1. The van der Waals surface area contributed by atoms with E-state index in [-0.39, 0.29) is 28.9 Å². The monoisotopic (exact) mass is 383 g/mol. The zero-order chi connectivity index (χ0) is 19.8. The van der Waals surface area contributed by atoms with Gasteiger partial charge in [0.1, 0.15) is 23.6 Å². The Morgan fingerprint density at radius 3 is 2.48 bits per heavy atom. The first kappa shape index (κ1) is 19.2. The highest BCUT2D eigenvalue weighted by Crippen LogP contribution is 2.55. The summed E-state index contributed by atoms with van der Waals surface area (Å²) in [6, 6.07) is 12.3. The molecule has 0 radical (unpaired) electrons. The SMILES string of the molecule is CC1(C)C(NC(=O)c2ccccn2)C(C)(C)C1Oc1ccc(C#N)c(Cl)c1. The van der Waals surface area contributed by atoms with Gasteiger partial charge in [-0.2, -0.15) is 5.26 Å². The summed E-state index contributed by atoms with van der Waals surface area (Å²) >= 11 is 6.12. The summed E-state index contributed by atoms with van der Waals surface area (Å²) < 4.78 is 6.22. The van der Waals surface area contributed by atoms with Gasteiger partial charge in [0.2, 0.25) is 0 Å². The minimum atomic E-state index is -0.297. The van der Waals surface area contributed by atoms with E-state index in [1.54, 1.807) is 42.6 Å². The molecule has 0 spiro atoms. The van der Waals surface area contributed by atoms with Crippen LogP contribution in [0, 0.1) is 22.2 Å². The van der Waals surface area contributed by atoms with Gasteiger partial charge in [-0.25, -0.2) is 0 Å². The lowest BCUT2D eigenvalue weighted by molar-refractivity contribution is -0.164. The van der Waals surface area contributed by atoms with Crippen molar-refractivity contribution in [1.82, 2.24) is 10.3 Å². The molecule has 0 saturated heterocycles. The quantitative estimate of drug-likeness (QED) is 0.857. The third-order valence-corrected chi connectivity index (χ3v) is 5.64. The maximum absolute atomic E-state index is 12.5. The molecule has 0 bridgehead atoms. The van der Waals surface area contributed by atoms with Gasteiger partial charge in [-0.1, -0.05) is 45.4 Å². The van der Waals surface area contributed by atoms with Crippen LogP contribution in [-0.2, 0) is 0 Å². The van der Waals surface area contributed by atoms with Gasteiger partial charge < -0.3 is 10.1 Å². The van der Waals surface area contributed by atoms with Crippen molar-refractivity contribution < 1.29 is 9.53 Å². The Kier molecular flexibility index (Phi) is 4.88. The predicted molar refractivity (Wildman–Crippen MR) is 104 cm³/mol. The van der Waals surface area contributed by atoms with Crippen molar-refractivity contribution >= 4 is 17.5 Å². The fourth-order valence-electron chi connectivity index (χ4n) is 4.30. The number of nitrogens with one attached hydrogen (secondary N) is 1. The molecule has 1 aliphatic rings. The van der Waals surface area contributed by atoms with Gasteiger partial charge in [0.05, 0.1) is 10.6 Å². The zero-order valence-corrected chi connectivity index (χ0v) is 16.5. The molecule has 1 saturated carbocycles. The Hall–Kier alpha value is -2.58. The van der Waals surface area contributed by atoms with Gasteiger partial charge in [0.15, 0.2) is 0 Å². The molecular formula is C21H22ClN3O2. The molecular weight excluding hydrogens is 362 g/mol. The number of aromatic nitrogens is 1. The second kappa shape index (κ2) is 6.86. The van der Waals surface area contributed by atoms with E-state index in [2.05, 4.69) is 38.0 Å². The number of benzene rings is 1. The van der Waals surface area contributed by atoms with E-state index < -0.39 is 0 Å². The van der Waals surface area contributed by atoms with E-state index in [0.29, 0.717) is 22.0 Å². The molecule has 27 heavy (non-hydrogen) atoms. The highest BCUT2D eigenvalue weighted by Gasteiger charge is 2.64. The second-order valence-electron chi connectivity index (χ2n) is 8.02. The predicted octanol–water partition coefficient (Wildman–Crippen LogP) is 4.22. The molecule has 1 heterocycles. The number of hydrogen-bond donors (Lipinski definition) is 1. The van der Waals surface area contributed by atoms with Crippen molar-refractivity contribution in [3.05, 3.63) is 58.9 Å². The molecule has 140 valence electrons. The summed E-state index contributed by atoms with van der Waals surface area (Å²) in [5.74, 6) is 0.418. The summed E-state index contributed by atoms with van der Waals surface area (Å²) in [5, 5.41) is 12.5. The van der Waals surface area contributed by atoms with Crippen molar-refractivity contribution in [1.29, 1.82) is 5.26 Å². The molecule has 1 aliphatic carbocycles. The van der Waals surface area contributed by atoms with E-state index in [1.807, 2.05) is 6.07 Å². The summed E-state index contributed by atoms with van der Waals surface area (Å²) in [4.78, 5) is 16.7. The molecule has 1 aromatic carbocycles. The molecule has 6 heteroatoms. The number of rotatable bonds is 4. The molecule has 5 nitrogen and oxygen atoms in total. The van der Waals surface area contributed by atoms with Gasteiger partial charge in [-0.15, -0.1) is 0 Å². The maximum Gasteiger partial charge on any atom is 0.270 e. The van der Waals surface area contributed by atoms with Crippen LogP contribution in [0.1, 0.15) is 43.7 Å². The lowest BCUT2D eigenvalue weighted by Gasteiger charge is -2.63. The van der Waals surface area contributed by atoms with E-state index in [1.165, 1.54) is 0 Å². The van der Waals surface area contributed by atoms with Crippen LogP contribution in [0.25, 0.3) is 0 Å². The topological polar surface area (TPSA) is 75.0 Å². The normalized spacial score (nSPS) is 22.2. The highest BCUT2D eigenvalue weighted by atomic mass is 35.5. The molecule has 0 atom stereocenters. The minimum Gasteiger partial charge on any atom is -0.489 e. The summed E-state index contributed by atoms with van der Waals surface area (Å²) in [6.45, 7) is 8.27. The van der Waals surface area contributed by atoms with Crippen molar-refractivity contribution in [2.45, 2.75) is 39.8 Å². The molecule has 0 aliphatic heterocycles. The van der Waals surface area contributed by atoms with Gasteiger partial charge in [-0.05, 0) is 24.3 Å². The van der Waals surface area contributed by atoms with E-state index in [0.717, 1.165) is 0 Å². The first-order chi connectivity index (χ1) is 12.7. The maximum atomic E-state index is 12.5. The van der Waals surface area contributed by atoms with Gasteiger partial charge in [-0.3, -0.25) is 9.78 Å². The summed E-state index contributed by atoms with van der Waals surface area (Å²) in [6.07, 6.45) is 1.47. The first-order valence-corrected chi connectivity index (χ1v) is 9.14. The second-order valence-corrected chi connectivity index (χ2v) is 8.42. The standard InChI is InChI=1S/C21H22ClN3O2/c1-20(2)18(25-17(26)16-7-5-6-10-24-16)21(3,4)19(20)27-14-9-8-13(12-23)15(22)11-14/h5-11,18-19H,1-4H3,(H,25,26). The third-order valence-electron chi connectivity index (χ3n) is 5.33. The number of carbonyl (C=O) groups is 1. The Morgan fingerprint density at radius 1 is 1.22 bits per heavy atom. The van der Waals surface area contributed by atoms with Crippen LogP contribution < -0.4 is 10.1 Å². The van der Waals surface area contributed by atoms with Gasteiger partial charge in [0, 0.05) is 29.1 Å². The Bertz CT molecular complexity index is 887. The molecule has 1 fully saturated rings. The first-order valence-electron chi connectivity index (χ1n) is 8.76. The Labute approximate surface area is 164 Å². The fraction of sp³-hybridized carbons (Fsp3) is 0.381. The Balaban J connectivity index is 1.77. The number of carbonyl (C=O) groups excluding carboxylic acids is 1. The average Bonchev–Trinajstić information content (AvgIpc) is 2.64. The minimum absolute atomic E-state index is 0.0849. The highest BCUT2D eigenvalue weighted by molar-refractivity contribution is 6.31. The van der Waals surface area contributed by atoms with E-state index in [4.69, 9.17) is 21.6 Å². The molecule has 1 N–H and O–H groups in total. The van der Waals surface area contributed by atoms with Gasteiger partial charge in [0.25, 0.3) is 5.91 Å². The van der Waals surface area contributed by atoms with Crippen LogP contribution in [0.3, 0.4) is 0 Å². The van der Waals surface area contributed by atoms with Crippen molar-refractivity contribution in [3.8, 4) is 11.8 Å². The lowest BCUT2D eigenvalue weighted by atomic mass is 9.49. The van der Waals surface area contributed by atoms with Crippen LogP contribution in [0.2, 0.25) is 5.02 Å². The number of halogens is 1. The molecule has 1 aromatic heterocycles. The number of nitriles is 1. The third kappa shape index (κ3) is 3.38. The van der Waals surface area contributed by atoms with Crippen LogP contribution in [-0.4, -0.2) is 23.0 Å². The average molecular weight is 384 g/mol.